The average molecular weight is 289 g/mol. The van der Waals surface area contributed by atoms with Gasteiger partial charge in [-0.25, -0.2) is 14.2 Å². The Balaban J connectivity index is 2.15. The van der Waals surface area contributed by atoms with Gasteiger partial charge in [-0.2, -0.15) is 0 Å². The van der Waals surface area contributed by atoms with E-state index in [2.05, 4.69) is 10.3 Å². The van der Waals surface area contributed by atoms with E-state index < -0.39 is 5.97 Å². The molecule has 0 saturated carbocycles. The van der Waals surface area contributed by atoms with Gasteiger partial charge in [-0.3, -0.25) is 0 Å². The van der Waals surface area contributed by atoms with E-state index in [-0.39, 0.29) is 17.1 Å². The van der Waals surface area contributed by atoms with E-state index in [1.165, 1.54) is 12.3 Å². The van der Waals surface area contributed by atoms with Crippen LogP contribution in [-0.4, -0.2) is 16.1 Å². The van der Waals surface area contributed by atoms with Gasteiger partial charge >= 0.3 is 5.97 Å². The molecule has 21 heavy (non-hydrogen) atoms. The zero-order chi connectivity index (χ0) is 15.6. The number of aromatic carboxylic acids is 1. The lowest BCUT2D eigenvalue weighted by atomic mass is 10.1. The van der Waals surface area contributed by atoms with Crippen molar-refractivity contribution in [2.45, 2.75) is 20.4 Å². The highest BCUT2D eigenvalue weighted by Crippen LogP contribution is 2.19. The Bertz CT molecular complexity index is 678. The number of aryl methyl sites for hydroxylation is 2. The topological polar surface area (TPSA) is 88.2 Å². The van der Waals surface area contributed by atoms with E-state index in [1.807, 2.05) is 0 Å². The van der Waals surface area contributed by atoms with Crippen LogP contribution in [0.3, 0.4) is 0 Å². The van der Waals surface area contributed by atoms with Crippen molar-refractivity contribution in [1.29, 1.82) is 0 Å². The molecule has 0 aliphatic heterocycles. The van der Waals surface area contributed by atoms with E-state index in [4.69, 9.17) is 10.8 Å². The largest absolute Gasteiger partial charge is 0.478 e. The predicted molar refractivity (Wildman–Crippen MR) is 78.8 cm³/mol. The van der Waals surface area contributed by atoms with Crippen LogP contribution in [0.5, 0.6) is 0 Å². The molecule has 2 rings (SSSR count). The quantitative estimate of drug-likeness (QED) is 0.805. The van der Waals surface area contributed by atoms with E-state index in [0.717, 1.165) is 5.56 Å². The van der Waals surface area contributed by atoms with Gasteiger partial charge in [-0.1, -0.05) is 12.1 Å². The second-order valence-electron chi connectivity index (χ2n) is 4.86. The molecule has 1 aromatic heterocycles. The number of nitrogens with one attached hydrogen (secondary N) is 1. The van der Waals surface area contributed by atoms with Gasteiger partial charge in [0.1, 0.15) is 11.6 Å². The van der Waals surface area contributed by atoms with Gasteiger partial charge in [0.15, 0.2) is 0 Å². The van der Waals surface area contributed by atoms with Crippen LogP contribution in [0.25, 0.3) is 0 Å². The number of nitrogens with zero attached hydrogens (tertiary/aromatic N) is 1. The standard InChI is InChI=1S/C15H16FN3O2/c1-8-3-10(4-9(2)13(8)16)6-18-14-12(17)5-11(7-19-14)15(20)21/h3-5,7H,6,17H2,1-2H3,(H,18,19)(H,20,21). The lowest BCUT2D eigenvalue weighted by Crippen LogP contribution is -2.07. The summed E-state index contributed by atoms with van der Waals surface area (Å²) < 4.78 is 13.5. The molecule has 1 aromatic carbocycles. The summed E-state index contributed by atoms with van der Waals surface area (Å²) in [6.07, 6.45) is 1.24. The molecule has 0 fully saturated rings. The van der Waals surface area contributed by atoms with Gasteiger partial charge in [-0.05, 0) is 36.6 Å². The number of halogens is 1. The van der Waals surface area contributed by atoms with Crippen molar-refractivity contribution in [2.75, 3.05) is 11.1 Å². The number of hydrogen-bond acceptors (Lipinski definition) is 4. The summed E-state index contributed by atoms with van der Waals surface area (Å²) >= 11 is 0. The fourth-order valence-electron chi connectivity index (χ4n) is 2.07. The van der Waals surface area contributed by atoms with E-state index in [1.54, 1.807) is 26.0 Å². The highest BCUT2D eigenvalue weighted by Gasteiger charge is 2.08. The van der Waals surface area contributed by atoms with Crippen LogP contribution in [0.2, 0.25) is 0 Å². The molecule has 4 N–H and O–H groups in total. The Kier molecular flexibility index (Phi) is 4.07. The third-order valence-corrected chi connectivity index (χ3v) is 3.12. The van der Waals surface area contributed by atoms with Crippen LogP contribution in [0, 0.1) is 19.7 Å². The van der Waals surface area contributed by atoms with Crippen LogP contribution in [0.4, 0.5) is 15.9 Å². The lowest BCUT2D eigenvalue weighted by molar-refractivity contribution is 0.0696. The van der Waals surface area contributed by atoms with Gasteiger partial charge in [0.2, 0.25) is 0 Å². The summed E-state index contributed by atoms with van der Waals surface area (Å²) in [7, 11) is 0. The Morgan fingerprint density at radius 3 is 2.48 bits per heavy atom. The van der Waals surface area contributed by atoms with Crippen molar-refractivity contribution >= 4 is 17.5 Å². The maximum atomic E-state index is 13.5. The van der Waals surface area contributed by atoms with Crippen molar-refractivity contribution in [1.82, 2.24) is 4.98 Å². The SMILES string of the molecule is Cc1cc(CNc2ncc(C(=O)O)cc2N)cc(C)c1F. The minimum Gasteiger partial charge on any atom is -0.478 e. The number of nitrogen functional groups attached to an aromatic ring is 1. The minimum absolute atomic E-state index is 0.0338. The van der Waals surface area contributed by atoms with Gasteiger partial charge in [0.05, 0.1) is 11.3 Å². The number of anilines is 2. The second-order valence-corrected chi connectivity index (χ2v) is 4.86. The van der Waals surface area contributed by atoms with Gasteiger partial charge in [0, 0.05) is 12.7 Å². The summed E-state index contributed by atoms with van der Waals surface area (Å²) in [6.45, 7) is 3.84. The van der Waals surface area contributed by atoms with Crippen LogP contribution in [0.1, 0.15) is 27.0 Å². The summed E-state index contributed by atoms with van der Waals surface area (Å²) in [5.41, 5.74) is 8.10. The molecular weight excluding hydrogens is 273 g/mol. The molecule has 0 aliphatic carbocycles. The molecule has 1 heterocycles. The van der Waals surface area contributed by atoms with Crippen LogP contribution in [0.15, 0.2) is 24.4 Å². The molecule has 0 aliphatic rings. The molecule has 0 saturated heterocycles. The number of hydrogen-bond donors (Lipinski definition) is 3. The van der Waals surface area contributed by atoms with Crippen LogP contribution >= 0.6 is 0 Å². The summed E-state index contributed by atoms with van der Waals surface area (Å²) in [5.74, 6) is -0.882. The number of rotatable bonds is 4. The molecular formula is C15H16FN3O2. The van der Waals surface area contributed by atoms with E-state index in [9.17, 15) is 9.18 Å². The van der Waals surface area contributed by atoms with Crippen LogP contribution < -0.4 is 11.1 Å². The molecule has 0 unspecified atom stereocenters. The maximum Gasteiger partial charge on any atom is 0.337 e. The zero-order valence-electron chi connectivity index (χ0n) is 11.8. The van der Waals surface area contributed by atoms with Crippen LogP contribution in [-0.2, 0) is 6.54 Å². The third-order valence-electron chi connectivity index (χ3n) is 3.12. The smallest absolute Gasteiger partial charge is 0.337 e. The highest BCUT2D eigenvalue weighted by molar-refractivity contribution is 5.89. The molecule has 0 amide bonds. The predicted octanol–water partition coefficient (Wildman–Crippen LogP) is 2.73. The van der Waals surface area contributed by atoms with Crippen molar-refractivity contribution in [3.63, 3.8) is 0 Å². The Morgan fingerprint density at radius 1 is 1.33 bits per heavy atom. The normalized spacial score (nSPS) is 10.4. The molecule has 0 radical (unpaired) electrons. The van der Waals surface area contributed by atoms with Crippen molar-refractivity contribution in [2.24, 2.45) is 0 Å². The number of carboxylic acid groups (broad SMARTS) is 1. The Morgan fingerprint density at radius 2 is 1.95 bits per heavy atom. The Hall–Kier alpha value is -2.63. The first-order valence-corrected chi connectivity index (χ1v) is 6.37. The number of benzene rings is 1. The maximum absolute atomic E-state index is 13.5. The molecule has 0 bridgehead atoms. The molecule has 5 nitrogen and oxygen atoms in total. The first kappa shape index (κ1) is 14.8. The third kappa shape index (κ3) is 3.28. The number of carbonyl (C=O) groups is 1. The molecule has 0 atom stereocenters. The van der Waals surface area contributed by atoms with E-state index in [0.29, 0.717) is 23.5 Å². The molecule has 6 heteroatoms. The van der Waals surface area contributed by atoms with Crippen molar-refractivity contribution < 1.29 is 14.3 Å². The number of aromatic nitrogens is 1. The molecule has 0 spiro atoms. The number of carboxylic acids is 1. The highest BCUT2D eigenvalue weighted by atomic mass is 19.1. The van der Waals surface area contributed by atoms with Crippen molar-refractivity contribution in [3.8, 4) is 0 Å². The van der Waals surface area contributed by atoms with Gasteiger partial charge in [0.25, 0.3) is 0 Å². The number of pyridine rings is 1. The molecule has 110 valence electrons. The van der Waals surface area contributed by atoms with Gasteiger partial charge < -0.3 is 16.2 Å². The van der Waals surface area contributed by atoms with Gasteiger partial charge in [-0.15, -0.1) is 0 Å². The van der Waals surface area contributed by atoms with E-state index >= 15 is 0 Å². The summed E-state index contributed by atoms with van der Waals surface area (Å²) in [4.78, 5) is 14.8. The summed E-state index contributed by atoms with van der Waals surface area (Å²) in [6, 6.07) is 4.84. The fourth-order valence-corrected chi connectivity index (χ4v) is 2.07. The summed E-state index contributed by atoms with van der Waals surface area (Å²) in [5, 5.41) is 11.9. The fraction of sp³-hybridized carbons (Fsp3) is 0.200. The first-order valence-electron chi connectivity index (χ1n) is 6.37. The number of nitrogens with two attached hydrogens (primary N) is 1. The molecule has 2 aromatic rings. The average Bonchev–Trinajstić information content (AvgIpc) is 2.43. The zero-order valence-corrected chi connectivity index (χ0v) is 11.8. The second kappa shape index (κ2) is 5.78. The van der Waals surface area contributed by atoms with Crippen molar-refractivity contribution in [3.05, 3.63) is 52.5 Å². The lowest BCUT2D eigenvalue weighted by Gasteiger charge is -2.11. The monoisotopic (exact) mass is 289 g/mol. The Labute approximate surface area is 121 Å². The first-order chi connectivity index (χ1) is 9.88. The minimum atomic E-state index is -1.08.